The van der Waals surface area contributed by atoms with Crippen LogP contribution in [0.25, 0.3) is 11.0 Å². The van der Waals surface area contributed by atoms with E-state index in [1.165, 1.54) is 0 Å². The Hall–Kier alpha value is -1.68. The zero-order valence-corrected chi connectivity index (χ0v) is 10.5. The van der Waals surface area contributed by atoms with Crippen LogP contribution in [0.4, 0.5) is 0 Å². The number of ketones is 1. The maximum Gasteiger partial charge on any atom is 0.167 e. The zero-order chi connectivity index (χ0) is 12.5. The third-order valence-corrected chi connectivity index (χ3v) is 3.68. The normalized spacial score (nSPS) is 20.2. The highest BCUT2D eigenvalue weighted by Gasteiger charge is 2.22. The monoisotopic (exact) mass is 243 g/mol. The van der Waals surface area contributed by atoms with Crippen molar-refractivity contribution in [2.24, 2.45) is 13.0 Å². The Balaban J connectivity index is 1.91. The van der Waals surface area contributed by atoms with Gasteiger partial charge in [0.05, 0.1) is 17.4 Å². The number of fused-ring (bicyclic) bond motifs is 1. The molecule has 2 heterocycles. The lowest BCUT2D eigenvalue weighted by molar-refractivity contribution is 0.0900. The van der Waals surface area contributed by atoms with Crippen molar-refractivity contribution < 1.29 is 4.79 Å². The van der Waals surface area contributed by atoms with Crippen LogP contribution in [0.1, 0.15) is 23.2 Å². The molecule has 0 saturated carbocycles. The second-order valence-electron chi connectivity index (χ2n) is 4.97. The molecule has 94 valence electrons. The van der Waals surface area contributed by atoms with Crippen LogP contribution in [-0.2, 0) is 7.05 Å². The van der Waals surface area contributed by atoms with Gasteiger partial charge in [0.25, 0.3) is 0 Å². The standard InChI is InChI=1S/C14H17N3O/c1-17-9-16-12-7-10(4-5-13(12)17)14(18)11-3-2-6-15-8-11/h4-5,7,9,11,15H,2-3,6,8H2,1H3. The van der Waals surface area contributed by atoms with Crippen LogP contribution >= 0.6 is 0 Å². The third kappa shape index (κ3) is 1.93. The molecule has 0 radical (unpaired) electrons. The van der Waals surface area contributed by atoms with E-state index in [0.717, 1.165) is 42.5 Å². The molecule has 18 heavy (non-hydrogen) atoms. The third-order valence-electron chi connectivity index (χ3n) is 3.68. The first-order chi connectivity index (χ1) is 8.75. The van der Waals surface area contributed by atoms with E-state index in [9.17, 15) is 4.79 Å². The van der Waals surface area contributed by atoms with Crippen LogP contribution in [0.3, 0.4) is 0 Å². The molecule has 1 saturated heterocycles. The van der Waals surface area contributed by atoms with Gasteiger partial charge in [-0.15, -0.1) is 0 Å². The van der Waals surface area contributed by atoms with E-state index in [-0.39, 0.29) is 11.7 Å². The lowest BCUT2D eigenvalue weighted by Crippen LogP contribution is -2.34. The molecule has 0 aliphatic carbocycles. The molecule has 1 aromatic carbocycles. The number of piperidine rings is 1. The van der Waals surface area contributed by atoms with Gasteiger partial charge in [0.2, 0.25) is 0 Å². The summed E-state index contributed by atoms with van der Waals surface area (Å²) < 4.78 is 1.96. The topological polar surface area (TPSA) is 46.9 Å². The summed E-state index contributed by atoms with van der Waals surface area (Å²) in [6, 6.07) is 5.80. The number of carbonyl (C=O) groups excluding carboxylic acids is 1. The molecule has 4 heteroatoms. The lowest BCUT2D eigenvalue weighted by Gasteiger charge is -2.21. The van der Waals surface area contributed by atoms with E-state index >= 15 is 0 Å². The molecule has 1 N–H and O–H groups in total. The van der Waals surface area contributed by atoms with E-state index in [2.05, 4.69) is 10.3 Å². The number of rotatable bonds is 2. The van der Waals surface area contributed by atoms with Gasteiger partial charge in [-0.2, -0.15) is 0 Å². The molecule has 0 spiro atoms. The Morgan fingerprint density at radius 2 is 2.39 bits per heavy atom. The minimum absolute atomic E-state index is 0.125. The predicted octanol–water partition coefficient (Wildman–Crippen LogP) is 1.76. The molecule has 1 aliphatic heterocycles. The summed E-state index contributed by atoms with van der Waals surface area (Å²) in [5.41, 5.74) is 2.75. The Labute approximate surface area is 106 Å². The minimum atomic E-state index is 0.125. The van der Waals surface area contributed by atoms with Crippen molar-refractivity contribution in [1.82, 2.24) is 14.9 Å². The van der Waals surface area contributed by atoms with Gasteiger partial charge in [-0.1, -0.05) is 0 Å². The molecule has 3 rings (SSSR count). The van der Waals surface area contributed by atoms with Gasteiger partial charge < -0.3 is 9.88 Å². The van der Waals surface area contributed by atoms with E-state index in [1.807, 2.05) is 29.8 Å². The average Bonchev–Trinajstić information content (AvgIpc) is 2.80. The largest absolute Gasteiger partial charge is 0.334 e. The van der Waals surface area contributed by atoms with Gasteiger partial charge in [-0.05, 0) is 37.6 Å². The first kappa shape index (κ1) is 11.4. The maximum atomic E-state index is 12.4. The van der Waals surface area contributed by atoms with E-state index in [0.29, 0.717) is 0 Å². The summed E-state index contributed by atoms with van der Waals surface area (Å²) in [5.74, 6) is 0.370. The number of aromatic nitrogens is 2. The van der Waals surface area contributed by atoms with Gasteiger partial charge >= 0.3 is 0 Å². The lowest BCUT2D eigenvalue weighted by atomic mass is 9.91. The molecule has 1 aliphatic rings. The summed E-state index contributed by atoms with van der Waals surface area (Å²) in [4.78, 5) is 16.7. The van der Waals surface area contributed by atoms with E-state index < -0.39 is 0 Å². The first-order valence-corrected chi connectivity index (χ1v) is 6.42. The number of hydrogen-bond acceptors (Lipinski definition) is 3. The molecule has 0 amide bonds. The molecule has 1 fully saturated rings. The Bertz CT molecular complexity index is 582. The van der Waals surface area contributed by atoms with Gasteiger partial charge in [0.15, 0.2) is 5.78 Å². The van der Waals surface area contributed by atoms with E-state index in [4.69, 9.17) is 0 Å². The Kier molecular flexibility index (Phi) is 2.88. The fourth-order valence-electron chi connectivity index (χ4n) is 2.60. The highest BCUT2D eigenvalue weighted by Crippen LogP contribution is 2.20. The molecule has 4 nitrogen and oxygen atoms in total. The summed E-state index contributed by atoms with van der Waals surface area (Å²) in [6.45, 7) is 1.84. The summed E-state index contributed by atoms with van der Waals surface area (Å²) in [5, 5.41) is 3.29. The summed E-state index contributed by atoms with van der Waals surface area (Å²) in [6.07, 6.45) is 3.86. The van der Waals surface area contributed by atoms with Crippen molar-refractivity contribution in [3.8, 4) is 0 Å². The highest BCUT2D eigenvalue weighted by molar-refractivity contribution is 6.00. The number of imidazole rings is 1. The zero-order valence-electron chi connectivity index (χ0n) is 10.5. The summed E-state index contributed by atoms with van der Waals surface area (Å²) >= 11 is 0. The number of benzene rings is 1. The molecular formula is C14H17N3O. The van der Waals surface area contributed by atoms with Crippen LogP contribution in [0.2, 0.25) is 0 Å². The number of hydrogen-bond donors (Lipinski definition) is 1. The SMILES string of the molecule is Cn1cnc2cc(C(=O)C3CCCNC3)ccc21. The Morgan fingerprint density at radius 3 is 3.17 bits per heavy atom. The quantitative estimate of drug-likeness (QED) is 0.817. The van der Waals surface area contributed by atoms with Crippen molar-refractivity contribution in [2.75, 3.05) is 13.1 Å². The fraction of sp³-hybridized carbons (Fsp3) is 0.429. The maximum absolute atomic E-state index is 12.4. The van der Waals surface area contributed by atoms with Crippen LogP contribution in [-0.4, -0.2) is 28.4 Å². The second-order valence-corrected chi connectivity index (χ2v) is 4.97. The molecule has 0 bridgehead atoms. The van der Waals surface area contributed by atoms with Crippen LogP contribution < -0.4 is 5.32 Å². The van der Waals surface area contributed by atoms with Crippen LogP contribution in [0.5, 0.6) is 0 Å². The minimum Gasteiger partial charge on any atom is -0.334 e. The second kappa shape index (κ2) is 4.53. The predicted molar refractivity (Wildman–Crippen MR) is 70.6 cm³/mol. The molecule has 1 atom stereocenters. The molecule has 1 aromatic heterocycles. The average molecular weight is 243 g/mol. The number of carbonyl (C=O) groups is 1. The van der Waals surface area contributed by atoms with Crippen molar-refractivity contribution in [3.63, 3.8) is 0 Å². The first-order valence-electron chi connectivity index (χ1n) is 6.42. The Morgan fingerprint density at radius 1 is 1.50 bits per heavy atom. The van der Waals surface area contributed by atoms with Gasteiger partial charge in [-0.25, -0.2) is 4.98 Å². The number of aryl methyl sites for hydroxylation is 1. The smallest absolute Gasteiger partial charge is 0.167 e. The number of nitrogens with zero attached hydrogens (tertiary/aromatic N) is 2. The van der Waals surface area contributed by atoms with Gasteiger partial charge in [-0.3, -0.25) is 4.79 Å². The highest BCUT2D eigenvalue weighted by atomic mass is 16.1. The van der Waals surface area contributed by atoms with Crippen molar-refractivity contribution in [2.45, 2.75) is 12.8 Å². The molecule has 1 unspecified atom stereocenters. The molecule has 2 aromatic rings. The van der Waals surface area contributed by atoms with Crippen molar-refractivity contribution in [1.29, 1.82) is 0 Å². The van der Waals surface area contributed by atoms with Crippen molar-refractivity contribution >= 4 is 16.8 Å². The van der Waals surface area contributed by atoms with Crippen molar-refractivity contribution in [3.05, 3.63) is 30.1 Å². The number of nitrogens with one attached hydrogen (secondary N) is 1. The molecular weight excluding hydrogens is 226 g/mol. The van der Waals surface area contributed by atoms with Crippen LogP contribution in [0, 0.1) is 5.92 Å². The number of Topliss-reactive ketones (excluding diaryl/α,β-unsaturated/α-hetero) is 1. The van der Waals surface area contributed by atoms with Crippen LogP contribution in [0.15, 0.2) is 24.5 Å². The fourth-order valence-corrected chi connectivity index (χ4v) is 2.60. The summed E-state index contributed by atoms with van der Waals surface area (Å²) in [7, 11) is 1.96. The van der Waals surface area contributed by atoms with Gasteiger partial charge in [0.1, 0.15) is 0 Å². The van der Waals surface area contributed by atoms with Gasteiger partial charge in [0, 0.05) is 25.1 Å². The van der Waals surface area contributed by atoms with E-state index in [1.54, 1.807) is 6.33 Å².